The van der Waals surface area contributed by atoms with E-state index in [0.717, 1.165) is 6.42 Å². The van der Waals surface area contributed by atoms with E-state index in [4.69, 9.17) is 21.1 Å². The van der Waals surface area contributed by atoms with Gasteiger partial charge < -0.3 is 24.6 Å². The number of halogens is 1. The lowest BCUT2D eigenvalue weighted by Gasteiger charge is -2.65. The highest BCUT2D eigenvalue weighted by molar-refractivity contribution is 6.40. The molecular formula is C20H24ClNO5. The van der Waals surface area contributed by atoms with Crippen molar-refractivity contribution in [2.45, 2.75) is 67.2 Å². The number of rotatable bonds is 0. The summed E-state index contributed by atoms with van der Waals surface area (Å²) in [5, 5.41) is 23.9. The number of epoxide rings is 1. The van der Waals surface area contributed by atoms with Crippen LogP contribution in [0.25, 0.3) is 0 Å². The number of hydrogen-bond donors (Lipinski definition) is 2. The zero-order valence-electron chi connectivity index (χ0n) is 15.8. The van der Waals surface area contributed by atoms with Crippen molar-refractivity contribution in [2.24, 2.45) is 5.92 Å². The molecule has 146 valence electrons. The summed E-state index contributed by atoms with van der Waals surface area (Å²) in [5.41, 5.74) is -2.36. The normalized spacial score (nSPS) is 49.6. The van der Waals surface area contributed by atoms with Crippen LogP contribution in [0.15, 0.2) is 24.3 Å². The maximum Gasteiger partial charge on any atom is 0.257 e. The van der Waals surface area contributed by atoms with E-state index in [-0.39, 0.29) is 0 Å². The van der Waals surface area contributed by atoms with Gasteiger partial charge in [-0.05, 0) is 39.7 Å². The first-order valence-corrected chi connectivity index (χ1v) is 9.70. The molecule has 4 aliphatic rings. The number of carbonyl (C=O) groups excluding carboxylic acids is 1. The second kappa shape index (κ2) is 4.69. The summed E-state index contributed by atoms with van der Waals surface area (Å²) in [6, 6.07) is 6.95. The second-order valence-corrected chi connectivity index (χ2v) is 9.68. The molecular weight excluding hydrogens is 370 g/mol. The highest BCUT2D eigenvalue weighted by atomic mass is 35.5. The van der Waals surface area contributed by atoms with Gasteiger partial charge in [0.05, 0.1) is 16.9 Å². The summed E-state index contributed by atoms with van der Waals surface area (Å²) in [4.78, 5) is 12.8. The van der Waals surface area contributed by atoms with Gasteiger partial charge in [-0.2, -0.15) is 0 Å². The van der Waals surface area contributed by atoms with Gasteiger partial charge in [-0.3, -0.25) is 4.79 Å². The summed E-state index contributed by atoms with van der Waals surface area (Å²) in [6.07, 6.45) is 0.682. The summed E-state index contributed by atoms with van der Waals surface area (Å²) in [5.74, 6) is -3.24. The van der Waals surface area contributed by atoms with Crippen molar-refractivity contribution in [3.63, 3.8) is 0 Å². The number of ether oxygens (including phenoxy) is 2. The molecule has 0 spiro atoms. The van der Waals surface area contributed by atoms with Crippen LogP contribution >= 0.6 is 11.6 Å². The third-order valence-electron chi connectivity index (χ3n) is 7.24. The Morgan fingerprint density at radius 1 is 1.22 bits per heavy atom. The van der Waals surface area contributed by atoms with Gasteiger partial charge in [0.25, 0.3) is 5.91 Å². The number of aliphatic hydroxyl groups is 2. The zero-order valence-corrected chi connectivity index (χ0v) is 16.6. The monoisotopic (exact) mass is 393 g/mol. The number of nitrogens with zero attached hydrogens (tertiary/aromatic N) is 1. The molecule has 2 N–H and O–H groups in total. The van der Waals surface area contributed by atoms with E-state index in [1.54, 1.807) is 31.3 Å². The Morgan fingerprint density at radius 3 is 2.59 bits per heavy atom. The first kappa shape index (κ1) is 17.9. The number of amides is 1. The van der Waals surface area contributed by atoms with Crippen LogP contribution in [-0.4, -0.2) is 50.9 Å². The minimum absolute atomic E-state index is 0.370. The van der Waals surface area contributed by atoms with E-state index < -0.39 is 45.4 Å². The first-order valence-electron chi connectivity index (χ1n) is 9.33. The third kappa shape index (κ3) is 1.71. The Labute approximate surface area is 163 Å². The summed E-state index contributed by atoms with van der Waals surface area (Å²) >= 11 is 7.02. The Hall–Kier alpha value is -1.18. The van der Waals surface area contributed by atoms with Crippen molar-refractivity contribution in [1.29, 1.82) is 0 Å². The molecule has 5 rings (SSSR count). The van der Waals surface area contributed by atoms with Gasteiger partial charge in [0, 0.05) is 18.5 Å². The standard InChI is InChI=1S/C20H24ClNO5/c1-16(2)13-9-10-17(3)14(26-17)18(13,24)19(21)15(23)22(4)12-8-6-5-7-11(12)20(19,25)27-16/h5-8,13-14,24-25H,9-10H2,1-4H3/t13-,14-,17-,18+,19+,20+/m0/s1. The number of para-hydroxylation sites is 1. The van der Waals surface area contributed by atoms with Gasteiger partial charge in [0.15, 0.2) is 0 Å². The van der Waals surface area contributed by atoms with E-state index in [0.29, 0.717) is 17.7 Å². The van der Waals surface area contributed by atoms with E-state index in [1.165, 1.54) is 4.90 Å². The lowest BCUT2D eigenvalue weighted by molar-refractivity contribution is -0.369. The van der Waals surface area contributed by atoms with Crippen molar-refractivity contribution in [3.8, 4) is 0 Å². The van der Waals surface area contributed by atoms with Crippen LogP contribution in [-0.2, 0) is 20.1 Å². The van der Waals surface area contributed by atoms with Gasteiger partial charge in [-0.15, -0.1) is 0 Å². The predicted molar refractivity (Wildman–Crippen MR) is 98.4 cm³/mol. The molecule has 1 aliphatic carbocycles. The Morgan fingerprint density at radius 2 is 1.89 bits per heavy atom. The van der Waals surface area contributed by atoms with Gasteiger partial charge >= 0.3 is 0 Å². The molecule has 3 fully saturated rings. The van der Waals surface area contributed by atoms with Crippen LogP contribution in [0, 0.1) is 5.92 Å². The van der Waals surface area contributed by atoms with Crippen LogP contribution in [0.3, 0.4) is 0 Å². The number of alkyl halides is 1. The van der Waals surface area contributed by atoms with Crippen LogP contribution < -0.4 is 4.90 Å². The first-order chi connectivity index (χ1) is 12.4. The summed E-state index contributed by atoms with van der Waals surface area (Å²) < 4.78 is 12.1. The average molecular weight is 394 g/mol. The molecule has 1 aromatic carbocycles. The van der Waals surface area contributed by atoms with Gasteiger partial charge in [-0.1, -0.05) is 29.8 Å². The maximum absolute atomic E-state index is 13.5. The predicted octanol–water partition coefficient (Wildman–Crippen LogP) is 1.89. The molecule has 0 bridgehead atoms. The van der Waals surface area contributed by atoms with Gasteiger partial charge in [0.1, 0.15) is 11.7 Å². The number of benzene rings is 1. The van der Waals surface area contributed by atoms with Gasteiger partial charge in [0.2, 0.25) is 10.7 Å². The number of fused-ring (bicyclic) bond motifs is 7. The van der Waals surface area contributed by atoms with Crippen molar-refractivity contribution in [3.05, 3.63) is 29.8 Å². The molecule has 1 saturated carbocycles. The van der Waals surface area contributed by atoms with Crippen molar-refractivity contribution >= 4 is 23.2 Å². The van der Waals surface area contributed by atoms with E-state index in [9.17, 15) is 15.0 Å². The molecule has 6 atom stereocenters. The number of anilines is 1. The van der Waals surface area contributed by atoms with Crippen LogP contribution in [0.5, 0.6) is 0 Å². The quantitative estimate of drug-likeness (QED) is 0.519. The lowest BCUT2D eigenvalue weighted by Crippen LogP contribution is -2.83. The molecule has 7 heteroatoms. The SMILES string of the molecule is CN1C(=O)[C@@]2(Cl)[C@]3(O)[C@H]4O[C@@]4(C)CC[C@H]3C(C)(C)O[C@]2(O)c2ccccc21. The second-order valence-electron chi connectivity index (χ2n) is 9.12. The molecule has 1 amide bonds. The molecule has 0 unspecified atom stereocenters. The van der Waals surface area contributed by atoms with Crippen molar-refractivity contribution < 1.29 is 24.5 Å². The van der Waals surface area contributed by atoms with Gasteiger partial charge in [-0.25, -0.2) is 0 Å². The smallest absolute Gasteiger partial charge is 0.257 e. The van der Waals surface area contributed by atoms with E-state index >= 15 is 0 Å². The lowest BCUT2D eigenvalue weighted by atomic mass is 9.55. The minimum atomic E-state index is -2.19. The average Bonchev–Trinajstić information content (AvgIpc) is 3.30. The molecule has 27 heavy (non-hydrogen) atoms. The maximum atomic E-state index is 13.5. The highest BCUT2D eigenvalue weighted by Crippen LogP contribution is 2.69. The number of carbonyl (C=O) groups is 1. The van der Waals surface area contributed by atoms with Crippen molar-refractivity contribution in [2.75, 3.05) is 11.9 Å². The van der Waals surface area contributed by atoms with Crippen LogP contribution in [0.4, 0.5) is 5.69 Å². The molecule has 0 aromatic heterocycles. The molecule has 6 nitrogen and oxygen atoms in total. The Kier molecular flexibility index (Phi) is 3.10. The molecule has 3 heterocycles. The highest BCUT2D eigenvalue weighted by Gasteiger charge is 2.86. The molecule has 0 radical (unpaired) electrons. The third-order valence-corrected chi connectivity index (χ3v) is 7.96. The molecule has 1 aromatic rings. The van der Waals surface area contributed by atoms with Crippen LogP contribution in [0.2, 0.25) is 0 Å². The summed E-state index contributed by atoms with van der Waals surface area (Å²) in [6.45, 7) is 5.57. The largest absolute Gasteiger partial charge is 0.384 e. The topological polar surface area (TPSA) is 82.5 Å². The fraction of sp³-hybridized carbons (Fsp3) is 0.650. The summed E-state index contributed by atoms with van der Waals surface area (Å²) in [7, 11) is 1.60. The number of hydrogen-bond acceptors (Lipinski definition) is 5. The zero-order chi connectivity index (χ0) is 19.6. The fourth-order valence-electron chi connectivity index (χ4n) is 5.86. The molecule has 2 saturated heterocycles. The van der Waals surface area contributed by atoms with E-state index in [1.807, 2.05) is 20.8 Å². The van der Waals surface area contributed by atoms with Crippen molar-refractivity contribution in [1.82, 2.24) is 0 Å². The Balaban J connectivity index is 1.83. The van der Waals surface area contributed by atoms with Crippen LogP contribution in [0.1, 0.15) is 39.2 Å². The molecule has 3 aliphatic heterocycles. The fourth-order valence-corrected chi connectivity index (χ4v) is 6.35. The minimum Gasteiger partial charge on any atom is -0.384 e. The van der Waals surface area contributed by atoms with E-state index in [2.05, 4.69) is 0 Å². The Bertz CT molecular complexity index is 876.